The standard InChI is InChI=1S/C12H17FN2O2/c1-17-8-11(14)5-6-15-12(16)9-3-2-4-10(13)7-9/h2-4,7,11H,5-6,8,14H2,1H3,(H,15,16). The van der Waals surface area contributed by atoms with Gasteiger partial charge in [0.25, 0.3) is 5.91 Å². The number of benzene rings is 1. The molecule has 5 heteroatoms. The van der Waals surface area contributed by atoms with E-state index in [9.17, 15) is 9.18 Å². The molecular formula is C12H17FN2O2. The fourth-order valence-electron chi connectivity index (χ4n) is 1.40. The van der Waals surface area contributed by atoms with Gasteiger partial charge in [0.05, 0.1) is 6.61 Å². The summed E-state index contributed by atoms with van der Waals surface area (Å²) in [6, 6.07) is 5.46. The Morgan fingerprint density at radius 1 is 1.59 bits per heavy atom. The van der Waals surface area contributed by atoms with Gasteiger partial charge in [0.1, 0.15) is 5.82 Å². The molecule has 1 rings (SSSR count). The summed E-state index contributed by atoms with van der Waals surface area (Å²) in [5.41, 5.74) is 6.01. The molecule has 1 unspecified atom stereocenters. The number of halogens is 1. The van der Waals surface area contributed by atoms with E-state index in [1.807, 2.05) is 0 Å². The van der Waals surface area contributed by atoms with Gasteiger partial charge < -0.3 is 15.8 Å². The quantitative estimate of drug-likeness (QED) is 0.777. The molecule has 0 bridgehead atoms. The molecule has 1 aromatic rings. The number of ether oxygens (including phenoxy) is 1. The maximum atomic E-state index is 12.9. The molecule has 94 valence electrons. The molecule has 0 heterocycles. The highest BCUT2D eigenvalue weighted by Crippen LogP contribution is 2.03. The van der Waals surface area contributed by atoms with Gasteiger partial charge in [-0.25, -0.2) is 4.39 Å². The maximum absolute atomic E-state index is 12.9. The summed E-state index contributed by atoms with van der Waals surface area (Å²) in [6.07, 6.45) is 0.620. The first-order valence-corrected chi connectivity index (χ1v) is 5.41. The number of carbonyl (C=O) groups excluding carboxylic acids is 1. The zero-order chi connectivity index (χ0) is 12.7. The van der Waals surface area contributed by atoms with E-state index in [-0.39, 0.29) is 11.9 Å². The maximum Gasteiger partial charge on any atom is 0.251 e. The van der Waals surface area contributed by atoms with Gasteiger partial charge in [-0.1, -0.05) is 6.07 Å². The summed E-state index contributed by atoms with van der Waals surface area (Å²) < 4.78 is 17.7. The summed E-state index contributed by atoms with van der Waals surface area (Å²) in [6.45, 7) is 0.899. The summed E-state index contributed by atoms with van der Waals surface area (Å²) in [5, 5.41) is 2.67. The normalized spacial score (nSPS) is 12.2. The Morgan fingerprint density at radius 2 is 2.35 bits per heavy atom. The fourth-order valence-corrected chi connectivity index (χ4v) is 1.40. The van der Waals surface area contributed by atoms with Crippen molar-refractivity contribution in [3.63, 3.8) is 0 Å². The van der Waals surface area contributed by atoms with Crippen molar-refractivity contribution in [1.82, 2.24) is 5.32 Å². The van der Waals surface area contributed by atoms with Crippen molar-refractivity contribution in [3.8, 4) is 0 Å². The van der Waals surface area contributed by atoms with Crippen LogP contribution in [0.3, 0.4) is 0 Å². The molecule has 0 aliphatic carbocycles. The third kappa shape index (κ3) is 4.93. The minimum atomic E-state index is -0.422. The third-order valence-corrected chi connectivity index (χ3v) is 2.27. The van der Waals surface area contributed by atoms with Crippen LogP contribution in [0, 0.1) is 5.82 Å². The summed E-state index contributed by atoms with van der Waals surface area (Å²) >= 11 is 0. The first-order chi connectivity index (χ1) is 8.13. The molecule has 0 aliphatic rings. The van der Waals surface area contributed by atoms with Crippen molar-refractivity contribution < 1.29 is 13.9 Å². The number of rotatable bonds is 6. The van der Waals surface area contributed by atoms with Crippen LogP contribution in [0.1, 0.15) is 16.8 Å². The van der Waals surface area contributed by atoms with Gasteiger partial charge in [0, 0.05) is 25.3 Å². The number of nitrogens with two attached hydrogens (primary N) is 1. The van der Waals surface area contributed by atoms with Crippen molar-refractivity contribution in [3.05, 3.63) is 35.6 Å². The second kappa shape index (κ2) is 6.98. The Hall–Kier alpha value is -1.46. The van der Waals surface area contributed by atoms with Crippen LogP contribution in [0.15, 0.2) is 24.3 Å². The van der Waals surface area contributed by atoms with Gasteiger partial charge in [-0.3, -0.25) is 4.79 Å². The lowest BCUT2D eigenvalue weighted by Crippen LogP contribution is -2.32. The molecule has 0 saturated carbocycles. The van der Waals surface area contributed by atoms with Crippen molar-refractivity contribution in [1.29, 1.82) is 0 Å². The van der Waals surface area contributed by atoms with E-state index in [2.05, 4.69) is 5.32 Å². The highest BCUT2D eigenvalue weighted by Gasteiger charge is 2.07. The lowest BCUT2D eigenvalue weighted by molar-refractivity contribution is 0.0949. The third-order valence-electron chi connectivity index (χ3n) is 2.27. The zero-order valence-electron chi connectivity index (χ0n) is 9.78. The van der Waals surface area contributed by atoms with E-state index in [1.165, 1.54) is 18.2 Å². The number of methoxy groups -OCH3 is 1. The van der Waals surface area contributed by atoms with Crippen LogP contribution in [0.4, 0.5) is 4.39 Å². The van der Waals surface area contributed by atoms with E-state index in [4.69, 9.17) is 10.5 Å². The molecule has 1 aromatic carbocycles. The monoisotopic (exact) mass is 240 g/mol. The smallest absolute Gasteiger partial charge is 0.251 e. The second-order valence-corrected chi connectivity index (χ2v) is 3.77. The van der Waals surface area contributed by atoms with Crippen LogP contribution in [0.5, 0.6) is 0 Å². The Balaban J connectivity index is 2.35. The number of amides is 1. The molecule has 0 fully saturated rings. The summed E-state index contributed by atoms with van der Waals surface area (Å²) in [4.78, 5) is 11.6. The SMILES string of the molecule is COCC(N)CCNC(=O)c1cccc(F)c1. The number of nitrogens with one attached hydrogen (secondary N) is 1. The van der Waals surface area contributed by atoms with Gasteiger partial charge in [-0.2, -0.15) is 0 Å². The number of carbonyl (C=O) groups is 1. The molecule has 0 radical (unpaired) electrons. The van der Waals surface area contributed by atoms with Gasteiger partial charge in [-0.05, 0) is 24.6 Å². The molecule has 0 aromatic heterocycles. The minimum Gasteiger partial charge on any atom is -0.383 e. The molecular weight excluding hydrogens is 223 g/mol. The molecule has 0 spiro atoms. The Morgan fingerprint density at radius 3 is 3.00 bits per heavy atom. The first kappa shape index (κ1) is 13.6. The summed E-state index contributed by atoms with van der Waals surface area (Å²) in [5.74, 6) is -0.720. The van der Waals surface area contributed by atoms with Gasteiger partial charge >= 0.3 is 0 Å². The predicted molar refractivity (Wildman–Crippen MR) is 63.2 cm³/mol. The Labute approximate surface area is 100.0 Å². The van der Waals surface area contributed by atoms with E-state index in [0.29, 0.717) is 25.1 Å². The van der Waals surface area contributed by atoms with Crippen LogP contribution in [-0.4, -0.2) is 32.2 Å². The average molecular weight is 240 g/mol. The topological polar surface area (TPSA) is 64.3 Å². The zero-order valence-corrected chi connectivity index (χ0v) is 9.78. The predicted octanol–water partition coefficient (Wildman–Crippen LogP) is 0.919. The minimum absolute atomic E-state index is 0.104. The number of hydrogen-bond donors (Lipinski definition) is 2. The lowest BCUT2D eigenvalue weighted by Gasteiger charge is -2.10. The molecule has 1 atom stereocenters. The first-order valence-electron chi connectivity index (χ1n) is 5.41. The van der Waals surface area contributed by atoms with Crippen molar-refractivity contribution in [2.75, 3.05) is 20.3 Å². The van der Waals surface area contributed by atoms with E-state index < -0.39 is 5.82 Å². The molecule has 4 nitrogen and oxygen atoms in total. The van der Waals surface area contributed by atoms with Gasteiger partial charge in [-0.15, -0.1) is 0 Å². The van der Waals surface area contributed by atoms with Crippen LogP contribution in [0.25, 0.3) is 0 Å². The molecule has 3 N–H and O–H groups in total. The molecule has 1 amide bonds. The second-order valence-electron chi connectivity index (χ2n) is 3.77. The molecule has 0 saturated heterocycles. The van der Waals surface area contributed by atoms with E-state index >= 15 is 0 Å². The van der Waals surface area contributed by atoms with Gasteiger partial charge in [0.2, 0.25) is 0 Å². The summed E-state index contributed by atoms with van der Waals surface area (Å²) in [7, 11) is 1.57. The van der Waals surface area contributed by atoms with Crippen molar-refractivity contribution in [2.45, 2.75) is 12.5 Å². The van der Waals surface area contributed by atoms with E-state index in [1.54, 1.807) is 13.2 Å². The molecule has 17 heavy (non-hydrogen) atoms. The van der Waals surface area contributed by atoms with Gasteiger partial charge in [0.15, 0.2) is 0 Å². The highest BCUT2D eigenvalue weighted by atomic mass is 19.1. The van der Waals surface area contributed by atoms with Crippen LogP contribution in [0.2, 0.25) is 0 Å². The van der Waals surface area contributed by atoms with Crippen LogP contribution >= 0.6 is 0 Å². The fraction of sp³-hybridized carbons (Fsp3) is 0.417. The largest absolute Gasteiger partial charge is 0.383 e. The highest BCUT2D eigenvalue weighted by molar-refractivity contribution is 5.94. The Kier molecular flexibility index (Phi) is 5.59. The average Bonchev–Trinajstić information content (AvgIpc) is 2.29. The molecule has 0 aliphatic heterocycles. The van der Waals surface area contributed by atoms with Crippen LogP contribution < -0.4 is 11.1 Å². The Bertz CT molecular complexity index is 371. The van der Waals surface area contributed by atoms with Crippen molar-refractivity contribution >= 4 is 5.91 Å². The van der Waals surface area contributed by atoms with Crippen molar-refractivity contribution in [2.24, 2.45) is 5.73 Å². The number of hydrogen-bond acceptors (Lipinski definition) is 3. The lowest BCUT2D eigenvalue weighted by atomic mass is 10.2. The van der Waals surface area contributed by atoms with E-state index in [0.717, 1.165) is 0 Å². The van der Waals surface area contributed by atoms with Crippen LogP contribution in [-0.2, 0) is 4.74 Å².